The van der Waals surface area contributed by atoms with Crippen LogP contribution < -0.4 is 25.7 Å². The number of aromatic nitrogens is 4. The number of nitrogens with one attached hydrogen (secondary N) is 3. The fourth-order valence-electron chi connectivity index (χ4n) is 3.34. The summed E-state index contributed by atoms with van der Waals surface area (Å²) in [5.41, 5.74) is 1.77. The zero-order valence-electron chi connectivity index (χ0n) is 19.6. The van der Waals surface area contributed by atoms with E-state index in [0.717, 1.165) is 12.0 Å². The molecule has 0 radical (unpaired) electrons. The van der Waals surface area contributed by atoms with Gasteiger partial charge in [-0.2, -0.15) is 9.78 Å². The van der Waals surface area contributed by atoms with Crippen molar-refractivity contribution in [2.24, 2.45) is 0 Å². The first-order valence-electron chi connectivity index (χ1n) is 10.8. The molecule has 0 spiro atoms. The Kier molecular flexibility index (Phi) is 8.01. The normalized spacial score (nSPS) is 10.6. The standard InChI is InChI=1S/C23H28N6O5/c1-5-6-16-13-20(30)27-23(25-16)29-19(11-14(2)28-29)26-22(32)21(31)24-10-9-15-7-8-17(33-3)18(12-15)34-4/h7-8,11-13H,5-6,9-10H2,1-4H3,(H,24,31)(H,26,32)(H,25,27,30). The number of methoxy groups -OCH3 is 2. The Bertz CT molecular complexity index is 1230. The number of carbonyl (C=O) groups excluding carboxylic acids is 2. The Morgan fingerprint density at radius 3 is 2.53 bits per heavy atom. The predicted octanol–water partition coefficient (Wildman–Crippen LogP) is 1.53. The molecule has 0 saturated carbocycles. The lowest BCUT2D eigenvalue weighted by molar-refractivity contribution is -0.136. The Morgan fingerprint density at radius 2 is 1.82 bits per heavy atom. The number of hydrogen-bond acceptors (Lipinski definition) is 7. The molecule has 3 N–H and O–H groups in total. The molecule has 0 aliphatic heterocycles. The van der Waals surface area contributed by atoms with Crippen LogP contribution in [0.25, 0.3) is 5.95 Å². The number of hydrogen-bond donors (Lipinski definition) is 3. The lowest BCUT2D eigenvalue weighted by atomic mass is 10.1. The number of H-pyrrole nitrogens is 1. The third kappa shape index (κ3) is 6.00. The van der Waals surface area contributed by atoms with E-state index in [1.807, 2.05) is 19.1 Å². The molecule has 0 bridgehead atoms. The van der Waals surface area contributed by atoms with Crippen molar-refractivity contribution in [2.45, 2.75) is 33.1 Å². The van der Waals surface area contributed by atoms with Gasteiger partial charge in [-0.05, 0) is 37.5 Å². The average Bonchev–Trinajstić information content (AvgIpc) is 3.18. The van der Waals surface area contributed by atoms with Crippen molar-refractivity contribution in [3.63, 3.8) is 0 Å². The Balaban J connectivity index is 1.65. The molecule has 2 aromatic heterocycles. The van der Waals surface area contributed by atoms with Gasteiger partial charge in [-0.15, -0.1) is 0 Å². The first-order valence-corrected chi connectivity index (χ1v) is 10.8. The summed E-state index contributed by atoms with van der Waals surface area (Å²) in [5.74, 6) is -0.0878. The number of rotatable bonds is 9. The van der Waals surface area contributed by atoms with E-state index in [9.17, 15) is 14.4 Å². The van der Waals surface area contributed by atoms with Gasteiger partial charge in [0.1, 0.15) is 5.82 Å². The number of nitrogens with zero attached hydrogens (tertiary/aromatic N) is 3. The largest absolute Gasteiger partial charge is 0.493 e. The Hall–Kier alpha value is -4.15. The third-order valence-electron chi connectivity index (χ3n) is 4.92. The maximum Gasteiger partial charge on any atom is 0.314 e. The van der Waals surface area contributed by atoms with Crippen LogP contribution in [0.5, 0.6) is 11.5 Å². The number of carbonyl (C=O) groups is 2. The van der Waals surface area contributed by atoms with E-state index >= 15 is 0 Å². The maximum atomic E-state index is 12.5. The van der Waals surface area contributed by atoms with E-state index in [0.29, 0.717) is 35.7 Å². The van der Waals surface area contributed by atoms with Crippen molar-refractivity contribution in [3.05, 3.63) is 57.6 Å². The van der Waals surface area contributed by atoms with Gasteiger partial charge in [-0.3, -0.25) is 19.4 Å². The van der Waals surface area contributed by atoms with Crippen LogP contribution in [0.15, 0.2) is 35.1 Å². The summed E-state index contributed by atoms with van der Waals surface area (Å²) >= 11 is 0. The van der Waals surface area contributed by atoms with E-state index in [1.165, 1.54) is 10.7 Å². The van der Waals surface area contributed by atoms with E-state index in [-0.39, 0.29) is 23.9 Å². The molecule has 1 aromatic carbocycles. The van der Waals surface area contributed by atoms with Crippen LogP contribution in [0, 0.1) is 6.92 Å². The number of aryl methyl sites for hydroxylation is 2. The van der Waals surface area contributed by atoms with Crippen LogP contribution in [0.4, 0.5) is 5.82 Å². The van der Waals surface area contributed by atoms with Gasteiger partial charge >= 0.3 is 11.8 Å². The van der Waals surface area contributed by atoms with Crippen LogP contribution >= 0.6 is 0 Å². The topological polar surface area (TPSA) is 140 Å². The zero-order valence-corrected chi connectivity index (χ0v) is 19.6. The smallest absolute Gasteiger partial charge is 0.314 e. The van der Waals surface area contributed by atoms with Crippen LogP contribution in [0.3, 0.4) is 0 Å². The molecule has 34 heavy (non-hydrogen) atoms. The first kappa shape index (κ1) is 24.5. The summed E-state index contributed by atoms with van der Waals surface area (Å²) in [6.07, 6.45) is 1.94. The minimum Gasteiger partial charge on any atom is -0.493 e. The van der Waals surface area contributed by atoms with Gasteiger partial charge in [0.2, 0.25) is 5.95 Å². The summed E-state index contributed by atoms with van der Waals surface area (Å²) in [5, 5.41) is 9.41. The number of benzene rings is 1. The molecule has 0 aliphatic carbocycles. The van der Waals surface area contributed by atoms with Gasteiger partial charge in [0.25, 0.3) is 5.56 Å². The number of ether oxygens (including phenoxy) is 2. The number of anilines is 1. The van der Waals surface area contributed by atoms with Gasteiger partial charge in [0.15, 0.2) is 11.5 Å². The van der Waals surface area contributed by atoms with Crippen molar-refractivity contribution in [1.82, 2.24) is 25.1 Å². The second-order valence-corrected chi connectivity index (χ2v) is 7.54. The molecule has 11 nitrogen and oxygen atoms in total. The Morgan fingerprint density at radius 1 is 1.06 bits per heavy atom. The zero-order chi connectivity index (χ0) is 24.7. The monoisotopic (exact) mass is 468 g/mol. The first-order chi connectivity index (χ1) is 16.3. The summed E-state index contributed by atoms with van der Waals surface area (Å²) < 4.78 is 11.8. The van der Waals surface area contributed by atoms with Crippen LogP contribution in [-0.4, -0.2) is 52.3 Å². The van der Waals surface area contributed by atoms with Crippen molar-refractivity contribution in [3.8, 4) is 17.4 Å². The molecule has 180 valence electrons. The van der Waals surface area contributed by atoms with Gasteiger partial charge in [0, 0.05) is 24.4 Å². The fourth-order valence-corrected chi connectivity index (χ4v) is 3.34. The summed E-state index contributed by atoms with van der Waals surface area (Å²) in [7, 11) is 3.10. The van der Waals surface area contributed by atoms with Crippen LogP contribution in [0.1, 0.15) is 30.3 Å². The van der Waals surface area contributed by atoms with E-state index < -0.39 is 11.8 Å². The highest BCUT2D eigenvalue weighted by Gasteiger charge is 2.18. The molecule has 0 unspecified atom stereocenters. The molecular formula is C23H28N6O5. The predicted molar refractivity (Wildman–Crippen MR) is 126 cm³/mol. The maximum absolute atomic E-state index is 12.5. The molecule has 2 amide bonds. The number of aromatic amines is 1. The van der Waals surface area contributed by atoms with Crippen molar-refractivity contribution < 1.29 is 19.1 Å². The molecule has 3 aromatic rings. The SMILES string of the molecule is CCCc1cc(=O)[nH]c(-n2nc(C)cc2NC(=O)C(=O)NCCc2ccc(OC)c(OC)c2)n1. The van der Waals surface area contributed by atoms with Gasteiger partial charge in [-0.1, -0.05) is 19.4 Å². The average molecular weight is 469 g/mol. The molecule has 0 atom stereocenters. The minimum atomic E-state index is -0.861. The fraction of sp³-hybridized carbons (Fsp3) is 0.348. The highest BCUT2D eigenvalue weighted by atomic mass is 16.5. The lowest BCUT2D eigenvalue weighted by Crippen LogP contribution is -2.37. The van der Waals surface area contributed by atoms with E-state index in [2.05, 4.69) is 25.7 Å². The summed E-state index contributed by atoms with van der Waals surface area (Å²) in [6.45, 7) is 3.95. The molecular weight excluding hydrogens is 440 g/mol. The van der Waals surface area contributed by atoms with Crippen molar-refractivity contribution in [1.29, 1.82) is 0 Å². The molecule has 2 heterocycles. The quantitative estimate of drug-likeness (QED) is 0.405. The van der Waals surface area contributed by atoms with Gasteiger partial charge in [0.05, 0.1) is 19.9 Å². The van der Waals surface area contributed by atoms with E-state index in [1.54, 1.807) is 33.3 Å². The van der Waals surface area contributed by atoms with Crippen LogP contribution in [0.2, 0.25) is 0 Å². The molecule has 0 saturated heterocycles. The molecule has 0 fully saturated rings. The third-order valence-corrected chi connectivity index (χ3v) is 4.92. The molecule has 11 heteroatoms. The second kappa shape index (κ2) is 11.1. The highest BCUT2D eigenvalue weighted by molar-refractivity contribution is 6.39. The lowest BCUT2D eigenvalue weighted by Gasteiger charge is -2.11. The Labute approximate surface area is 196 Å². The van der Waals surface area contributed by atoms with Gasteiger partial charge in [-0.25, -0.2) is 4.98 Å². The van der Waals surface area contributed by atoms with E-state index in [4.69, 9.17) is 9.47 Å². The van der Waals surface area contributed by atoms with Crippen LogP contribution in [-0.2, 0) is 22.4 Å². The van der Waals surface area contributed by atoms with Crippen molar-refractivity contribution in [2.75, 3.05) is 26.1 Å². The van der Waals surface area contributed by atoms with Crippen molar-refractivity contribution >= 4 is 17.6 Å². The molecule has 3 rings (SSSR count). The molecule has 0 aliphatic rings. The number of amides is 2. The minimum absolute atomic E-state index is 0.160. The summed E-state index contributed by atoms with van der Waals surface area (Å²) in [6, 6.07) is 8.46. The second-order valence-electron chi connectivity index (χ2n) is 7.54. The van der Waals surface area contributed by atoms with Gasteiger partial charge < -0.3 is 20.1 Å². The summed E-state index contributed by atoms with van der Waals surface area (Å²) in [4.78, 5) is 43.8. The highest BCUT2D eigenvalue weighted by Crippen LogP contribution is 2.27.